The fourth-order valence-corrected chi connectivity index (χ4v) is 1.34. The summed E-state index contributed by atoms with van der Waals surface area (Å²) in [4.78, 5) is 33.6. The van der Waals surface area contributed by atoms with Crippen LogP contribution < -0.4 is 10.6 Å². The normalized spacial score (nSPS) is 12.0. The Morgan fingerprint density at radius 3 is 2.11 bits per heavy atom. The Bertz CT molecular complexity index is 302. The van der Waals surface area contributed by atoms with E-state index < -0.39 is 17.9 Å². The van der Waals surface area contributed by atoms with Crippen LogP contribution in [-0.2, 0) is 14.4 Å². The molecule has 104 valence electrons. The summed E-state index contributed by atoms with van der Waals surface area (Å²) in [6.07, 6.45) is 0.925. The van der Waals surface area contributed by atoms with Crippen molar-refractivity contribution in [3.63, 3.8) is 0 Å². The molecule has 0 radical (unpaired) electrons. The highest BCUT2D eigenvalue weighted by atomic mass is 16.4. The molecule has 0 aliphatic carbocycles. The Balaban J connectivity index is 4.03. The van der Waals surface area contributed by atoms with Crippen molar-refractivity contribution < 1.29 is 19.5 Å². The number of rotatable bonds is 8. The van der Waals surface area contributed by atoms with Gasteiger partial charge in [-0.1, -0.05) is 20.8 Å². The van der Waals surface area contributed by atoms with Gasteiger partial charge in [-0.2, -0.15) is 0 Å². The first-order valence-electron chi connectivity index (χ1n) is 6.17. The molecule has 6 heteroatoms. The lowest BCUT2D eigenvalue weighted by atomic mass is 10.0. The zero-order valence-electron chi connectivity index (χ0n) is 11.2. The van der Waals surface area contributed by atoms with E-state index in [1.54, 1.807) is 13.8 Å². The first-order valence-corrected chi connectivity index (χ1v) is 6.17. The molecule has 0 saturated carbocycles. The van der Waals surface area contributed by atoms with Crippen molar-refractivity contribution in [3.8, 4) is 0 Å². The molecular formula is C12H22N2O4. The van der Waals surface area contributed by atoms with Crippen LogP contribution in [0.5, 0.6) is 0 Å². The number of amides is 2. The number of hydrogen-bond donors (Lipinski definition) is 3. The van der Waals surface area contributed by atoms with Crippen molar-refractivity contribution >= 4 is 17.8 Å². The molecule has 0 rings (SSSR count). The number of aliphatic carboxylic acids is 1. The van der Waals surface area contributed by atoms with Crippen LogP contribution in [0, 0.1) is 5.92 Å². The second-order valence-corrected chi connectivity index (χ2v) is 4.48. The second kappa shape index (κ2) is 8.49. The minimum Gasteiger partial charge on any atom is -0.480 e. The molecule has 0 aromatic heterocycles. The molecule has 0 fully saturated rings. The number of nitrogens with one attached hydrogen (secondary N) is 2. The lowest BCUT2D eigenvalue weighted by Crippen LogP contribution is -2.44. The standard InChI is InChI=1S/C12H22N2O4/c1-4-7-13-9(15)5-6-10(16)14-11(8(2)3)12(17)18/h8,11H,4-7H2,1-3H3,(H,13,15)(H,14,16)(H,17,18)/t11-/m1/s1. The number of carboxylic acid groups (broad SMARTS) is 1. The van der Waals surface area contributed by atoms with Crippen molar-refractivity contribution in [1.29, 1.82) is 0 Å². The minimum absolute atomic E-state index is 0.00600. The third kappa shape index (κ3) is 6.88. The van der Waals surface area contributed by atoms with Crippen LogP contribution in [0.15, 0.2) is 0 Å². The molecule has 18 heavy (non-hydrogen) atoms. The molecule has 0 saturated heterocycles. The van der Waals surface area contributed by atoms with Gasteiger partial charge in [0, 0.05) is 19.4 Å². The number of carbonyl (C=O) groups excluding carboxylic acids is 2. The maximum atomic E-state index is 11.5. The van der Waals surface area contributed by atoms with Crippen LogP contribution in [0.4, 0.5) is 0 Å². The van der Waals surface area contributed by atoms with Gasteiger partial charge in [-0.15, -0.1) is 0 Å². The fourth-order valence-electron chi connectivity index (χ4n) is 1.34. The van der Waals surface area contributed by atoms with Gasteiger partial charge in [0.05, 0.1) is 0 Å². The lowest BCUT2D eigenvalue weighted by Gasteiger charge is -2.17. The summed E-state index contributed by atoms with van der Waals surface area (Å²) in [7, 11) is 0. The first kappa shape index (κ1) is 16.4. The van der Waals surface area contributed by atoms with E-state index in [0.717, 1.165) is 6.42 Å². The average molecular weight is 258 g/mol. The van der Waals surface area contributed by atoms with Crippen LogP contribution in [0.1, 0.15) is 40.0 Å². The maximum Gasteiger partial charge on any atom is 0.326 e. The Morgan fingerprint density at radius 1 is 1.11 bits per heavy atom. The third-order valence-corrected chi connectivity index (χ3v) is 2.40. The summed E-state index contributed by atoms with van der Waals surface area (Å²) in [6, 6.07) is -0.906. The molecule has 0 spiro atoms. The molecule has 6 nitrogen and oxygen atoms in total. The van der Waals surface area contributed by atoms with Crippen LogP contribution >= 0.6 is 0 Å². The van der Waals surface area contributed by atoms with E-state index in [4.69, 9.17) is 5.11 Å². The molecule has 0 aliphatic rings. The Kier molecular flexibility index (Phi) is 7.74. The van der Waals surface area contributed by atoms with Gasteiger partial charge in [-0.3, -0.25) is 9.59 Å². The maximum absolute atomic E-state index is 11.5. The third-order valence-electron chi connectivity index (χ3n) is 2.40. The molecular weight excluding hydrogens is 236 g/mol. The van der Waals surface area contributed by atoms with Gasteiger partial charge >= 0.3 is 5.97 Å². The van der Waals surface area contributed by atoms with Crippen LogP contribution in [0.2, 0.25) is 0 Å². The first-order chi connectivity index (χ1) is 8.38. The fraction of sp³-hybridized carbons (Fsp3) is 0.750. The van der Waals surface area contributed by atoms with E-state index in [1.807, 2.05) is 6.92 Å². The lowest BCUT2D eigenvalue weighted by molar-refractivity contribution is -0.143. The van der Waals surface area contributed by atoms with Gasteiger partial charge in [0.1, 0.15) is 6.04 Å². The predicted octanol–water partition coefficient (Wildman–Crippen LogP) is 0.518. The quantitative estimate of drug-likeness (QED) is 0.591. The number of carboxylic acids is 1. The van der Waals surface area contributed by atoms with Crippen LogP contribution in [-0.4, -0.2) is 35.5 Å². The van der Waals surface area contributed by atoms with Crippen LogP contribution in [0.3, 0.4) is 0 Å². The van der Waals surface area contributed by atoms with Crippen molar-refractivity contribution in [1.82, 2.24) is 10.6 Å². The summed E-state index contributed by atoms with van der Waals surface area (Å²) >= 11 is 0. The van der Waals surface area contributed by atoms with Crippen molar-refractivity contribution in [3.05, 3.63) is 0 Å². The van der Waals surface area contributed by atoms with Crippen molar-refractivity contribution in [2.45, 2.75) is 46.1 Å². The van der Waals surface area contributed by atoms with Crippen molar-refractivity contribution in [2.24, 2.45) is 5.92 Å². The molecule has 0 aromatic rings. The summed E-state index contributed by atoms with van der Waals surface area (Å²) in [5.41, 5.74) is 0. The molecule has 0 aliphatic heterocycles. The smallest absolute Gasteiger partial charge is 0.326 e. The van der Waals surface area contributed by atoms with Gasteiger partial charge < -0.3 is 15.7 Å². The Morgan fingerprint density at radius 2 is 1.67 bits per heavy atom. The largest absolute Gasteiger partial charge is 0.480 e. The van der Waals surface area contributed by atoms with Gasteiger partial charge in [0.2, 0.25) is 11.8 Å². The second-order valence-electron chi connectivity index (χ2n) is 4.48. The monoisotopic (exact) mass is 258 g/mol. The van der Waals surface area contributed by atoms with E-state index in [9.17, 15) is 14.4 Å². The van der Waals surface area contributed by atoms with Gasteiger partial charge in [0.15, 0.2) is 0 Å². The van der Waals surface area contributed by atoms with E-state index >= 15 is 0 Å². The highest BCUT2D eigenvalue weighted by molar-refractivity contribution is 5.86. The zero-order valence-corrected chi connectivity index (χ0v) is 11.2. The highest BCUT2D eigenvalue weighted by Crippen LogP contribution is 2.02. The topological polar surface area (TPSA) is 95.5 Å². The van der Waals surface area contributed by atoms with E-state index in [-0.39, 0.29) is 24.7 Å². The van der Waals surface area contributed by atoms with Crippen molar-refractivity contribution in [2.75, 3.05) is 6.54 Å². The molecule has 0 aromatic carbocycles. The number of carbonyl (C=O) groups is 3. The highest BCUT2D eigenvalue weighted by Gasteiger charge is 2.23. The summed E-state index contributed by atoms with van der Waals surface area (Å²) in [5, 5.41) is 14.0. The summed E-state index contributed by atoms with van der Waals surface area (Å²) < 4.78 is 0. The summed E-state index contributed by atoms with van der Waals surface area (Å²) in [6.45, 7) is 5.96. The molecule has 1 atom stereocenters. The Hall–Kier alpha value is -1.59. The molecule has 2 amide bonds. The predicted molar refractivity (Wildman–Crippen MR) is 66.9 cm³/mol. The molecule has 0 unspecified atom stereocenters. The number of hydrogen-bond acceptors (Lipinski definition) is 3. The Labute approximate surface area is 107 Å². The van der Waals surface area contributed by atoms with Gasteiger partial charge in [0.25, 0.3) is 0 Å². The zero-order chi connectivity index (χ0) is 14.1. The van der Waals surface area contributed by atoms with Gasteiger partial charge in [-0.25, -0.2) is 4.79 Å². The van der Waals surface area contributed by atoms with Gasteiger partial charge in [-0.05, 0) is 12.3 Å². The van der Waals surface area contributed by atoms with E-state index in [1.165, 1.54) is 0 Å². The summed E-state index contributed by atoms with van der Waals surface area (Å²) in [5.74, 6) is -1.86. The molecule has 0 heterocycles. The SMILES string of the molecule is CCCNC(=O)CCC(=O)N[C@@H](C(=O)O)C(C)C. The minimum atomic E-state index is -1.06. The molecule has 3 N–H and O–H groups in total. The van der Waals surface area contributed by atoms with Crippen LogP contribution in [0.25, 0.3) is 0 Å². The average Bonchev–Trinajstić information content (AvgIpc) is 2.29. The molecule has 0 bridgehead atoms. The van der Waals surface area contributed by atoms with E-state index in [0.29, 0.717) is 6.54 Å². The van der Waals surface area contributed by atoms with E-state index in [2.05, 4.69) is 10.6 Å².